The normalized spacial score (nSPS) is 11.1. The largest absolute Gasteiger partial charge is 0.317 e. The monoisotopic (exact) mass is 237 g/mol. The third kappa shape index (κ3) is 2.31. The lowest BCUT2D eigenvalue weighted by Gasteiger charge is -2.05. The van der Waals surface area contributed by atoms with Crippen molar-refractivity contribution in [3.05, 3.63) is 28.1 Å². The molecule has 5 heteroatoms. The minimum absolute atomic E-state index is 0.0801. The zero-order valence-corrected chi connectivity index (χ0v) is 10.1. The Bertz CT molecular complexity index is 517. The molecule has 0 saturated heterocycles. The molecule has 86 valence electrons. The molecule has 0 bridgehead atoms. The van der Waals surface area contributed by atoms with E-state index in [9.17, 15) is 4.79 Å². The fourth-order valence-corrected chi connectivity index (χ4v) is 2.38. The smallest absolute Gasteiger partial charge is 0.271 e. The van der Waals surface area contributed by atoms with Gasteiger partial charge >= 0.3 is 0 Å². The molecule has 4 nitrogen and oxygen atoms in total. The predicted octanol–water partition coefficient (Wildman–Crippen LogP) is 1.46. The second kappa shape index (κ2) is 5.23. The Morgan fingerprint density at radius 1 is 1.56 bits per heavy atom. The molecule has 0 aliphatic rings. The summed E-state index contributed by atoms with van der Waals surface area (Å²) in [5, 5.41) is 5.14. The van der Waals surface area contributed by atoms with Gasteiger partial charge in [0.05, 0.1) is 11.8 Å². The number of aryl methyl sites for hydroxylation is 1. The first-order chi connectivity index (χ1) is 7.83. The van der Waals surface area contributed by atoms with Gasteiger partial charge in [-0.3, -0.25) is 9.36 Å². The molecule has 1 N–H and O–H groups in total. The molecule has 0 aromatic carbocycles. The zero-order chi connectivity index (χ0) is 11.4. The van der Waals surface area contributed by atoms with E-state index in [1.165, 1.54) is 11.3 Å². The van der Waals surface area contributed by atoms with E-state index in [4.69, 9.17) is 0 Å². The number of thiophene rings is 1. The van der Waals surface area contributed by atoms with E-state index >= 15 is 0 Å². The van der Waals surface area contributed by atoms with E-state index in [2.05, 4.69) is 17.2 Å². The van der Waals surface area contributed by atoms with Gasteiger partial charge in [-0.15, -0.1) is 11.3 Å². The van der Waals surface area contributed by atoms with Gasteiger partial charge in [-0.1, -0.05) is 6.92 Å². The summed E-state index contributed by atoms with van der Waals surface area (Å²) in [5.41, 5.74) is 0.884. The minimum Gasteiger partial charge on any atom is -0.317 e. The van der Waals surface area contributed by atoms with Gasteiger partial charge in [0.15, 0.2) is 0 Å². The number of aromatic nitrogens is 2. The van der Waals surface area contributed by atoms with Gasteiger partial charge in [-0.25, -0.2) is 4.98 Å². The van der Waals surface area contributed by atoms with Crippen LogP contribution in [0.2, 0.25) is 0 Å². The van der Waals surface area contributed by atoms with Gasteiger partial charge in [-0.2, -0.15) is 0 Å². The molecule has 0 amide bonds. The van der Waals surface area contributed by atoms with Crippen molar-refractivity contribution in [1.29, 1.82) is 0 Å². The van der Waals surface area contributed by atoms with Crippen LogP contribution >= 0.6 is 11.3 Å². The first kappa shape index (κ1) is 11.3. The van der Waals surface area contributed by atoms with Crippen molar-refractivity contribution < 1.29 is 0 Å². The highest BCUT2D eigenvalue weighted by Gasteiger charge is 2.04. The molecule has 0 fully saturated rings. The highest BCUT2D eigenvalue weighted by Crippen LogP contribution is 2.12. The lowest BCUT2D eigenvalue weighted by atomic mass is 10.4. The Labute approximate surface area is 97.9 Å². The van der Waals surface area contributed by atoms with Crippen LogP contribution in [0.25, 0.3) is 10.2 Å². The van der Waals surface area contributed by atoms with Gasteiger partial charge in [0, 0.05) is 6.54 Å². The van der Waals surface area contributed by atoms with E-state index in [1.807, 2.05) is 11.4 Å². The van der Waals surface area contributed by atoms with Crippen molar-refractivity contribution in [3.63, 3.8) is 0 Å². The average Bonchev–Trinajstić information content (AvgIpc) is 2.76. The maximum absolute atomic E-state index is 12.0. The van der Waals surface area contributed by atoms with Crippen molar-refractivity contribution in [2.24, 2.45) is 0 Å². The molecular formula is C11H15N3OS. The number of hydrogen-bond donors (Lipinski definition) is 1. The van der Waals surface area contributed by atoms with E-state index < -0.39 is 0 Å². The molecular weight excluding hydrogens is 222 g/mol. The van der Waals surface area contributed by atoms with Gasteiger partial charge in [0.2, 0.25) is 0 Å². The fourth-order valence-electron chi connectivity index (χ4n) is 1.59. The summed E-state index contributed by atoms with van der Waals surface area (Å²) in [7, 11) is 0. The van der Waals surface area contributed by atoms with Crippen molar-refractivity contribution in [1.82, 2.24) is 14.9 Å². The molecule has 0 saturated carbocycles. The summed E-state index contributed by atoms with van der Waals surface area (Å²) in [4.78, 5) is 16.2. The molecule has 0 aliphatic heterocycles. The highest BCUT2D eigenvalue weighted by atomic mass is 32.1. The number of hydrogen-bond acceptors (Lipinski definition) is 4. The van der Waals surface area contributed by atoms with Crippen LogP contribution in [0.1, 0.15) is 13.3 Å². The third-order valence-corrected chi connectivity index (χ3v) is 3.33. The van der Waals surface area contributed by atoms with Crippen LogP contribution in [0.15, 0.2) is 22.6 Å². The van der Waals surface area contributed by atoms with E-state index in [-0.39, 0.29) is 5.56 Å². The summed E-state index contributed by atoms with van der Waals surface area (Å²) in [6.45, 7) is 4.71. The highest BCUT2D eigenvalue weighted by molar-refractivity contribution is 7.17. The molecule has 2 aromatic heterocycles. The summed E-state index contributed by atoms with van der Waals surface area (Å²) in [5.74, 6) is 0. The summed E-state index contributed by atoms with van der Waals surface area (Å²) >= 11 is 1.46. The summed E-state index contributed by atoms with van der Waals surface area (Å²) < 4.78 is 2.45. The number of nitrogens with one attached hydrogen (secondary N) is 1. The number of rotatable bonds is 5. The van der Waals surface area contributed by atoms with Crippen LogP contribution in [-0.4, -0.2) is 22.6 Å². The van der Waals surface area contributed by atoms with Crippen LogP contribution in [0.5, 0.6) is 0 Å². The van der Waals surface area contributed by atoms with Gasteiger partial charge in [0.25, 0.3) is 5.56 Å². The van der Waals surface area contributed by atoms with E-state index in [1.54, 1.807) is 10.9 Å². The molecule has 0 spiro atoms. The van der Waals surface area contributed by atoms with Crippen LogP contribution in [-0.2, 0) is 6.54 Å². The standard InChI is InChI=1S/C11H15N3OS/c1-2-12-5-3-6-14-8-13-9-4-7-16-10(9)11(14)15/h4,7-8,12H,2-3,5-6H2,1H3. The molecule has 2 heterocycles. The Hall–Kier alpha value is -1.20. The van der Waals surface area contributed by atoms with Crippen molar-refractivity contribution >= 4 is 21.6 Å². The van der Waals surface area contributed by atoms with Crippen LogP contribution in [0.4, 0.5) is 0 Å². The lowest BCUT2D eigenvalue weighted by molar-refractivity contribution is 0.578. The maximum Gasteiger partial charge on any atom is 0.271 e. The van der Waals surface area contributed by atoms with Crippen LogP contribution in [0, 0.1) is 0 Å². The molecule has 2 aromatic rings. The third-order valence-electron chi connectivity index (χ3n) is 2.44. The average molecular weight is 237 g/mol. The molecule has 0 aliphatic carbocycles. The second-order valence-electron chi connectivity index (χ2n) is 3.59. The first-order valence-electron chi connectivity index (χ1n) is 5.46. The van der Waals surface area contributed by atoms with Crippen molar-refractivity contribution in [3.8, 4) is 0 Å². The van der Waals surface area contributed by atoms with Gasteiger partial charge in [-0.05, 0) is 31.0 Å². The minimum atomic E-state index is 0.0801. The summed E-state index contributed by atoms with van der Waals surface area (Å²) in [6.07, 6.45) is 2.59. The second-order valence-corrected chi connectivity index (χ2v) is 4.50. The fraction of sp³-hybridized carbons (Fsp3) is 0.455. The SMILES string of the molecule is CCNCCCn1cnc2ccsc2c1=O. The van der Waals surface area contributed by atoms with E-state index in [0.717, 1.165) is 36.3 Å². The molecule has 0 radical (unpaired) electrons. The van der Waals surface area contributed by atoms with Gasteiger partial charge in [0.1, 0.15) is 4.70 Å². The topological polar surface area (TPSA) is 46.9 Å². The maximum atomic E-state index is 12.0. The molecule has 0 atom stereocenters. The first-order valence-corrected chi connectivity index (χ1v) is 6.34. The predicted molar refractivity (Wildman–Crippen MR) is 67.0 cm³/mol. The van der Waals surface area contributed by atoms with Gasteiger partial charge < -0.3 is 5.32 Å². The Kier molecular flexibility index (Phi) is 3.69. The lowest BCUT2D eigenvalue weighted by Crippen LogP contribution is -2.22. The zero-order valence-electron chi connectivity index (χ0n) is 9.27. The Balaban J connectivity index is 2.12. The summed E-state index contributed by atoms with van der Waals surface area (Å²) in [6, 6.07) is 1.88. The molecule has 16 heavy (non-hydrogen) atoms. The van der Waals surface area contributed by atoms with Crippen LogP contribution in [0.3, 0.4) is 0 Å². The number of fused-ring (bicyclic) bond motifs is 1. The number of nitrogens with zero attached hydrogens (tertiary/aromatic N) is 2. The molecule has 0 unspecified atom stereocenters. The van der Waals surface area contributed by atoms with E-state index in [0.29, 0.717) is 0 Å². The molecule has 2 rings (SSSR count). The van der Waals surface area contributed by atoms with Crippen molar-refractivity contribution in [2.45, 2.75) is 19.9 Å². The quantitative estimate of drug-likeness (QED) is 0.801. The van der Waals surface area contributed by atoms with Crippen molar-refractivity contribution in [2.75, 3.05) is 13.1 Å². The Morgan fingerprint density at radius 2 is 2.44 bits per heavy atom. The Morgan fingerprint density at radius 3 is 3.25 bits per heavy atom. The van der Waals surface area contributed by atoms with Crippen LogP contribution < -0.4 is 10.9 Å².